The zero-order valence-corrected chi connectivity index (χ0v) is 52.1. The third kappa shape index (κ3) is 25.1. The zero-order valence-electron chi connectivity index (χ0n) is 48.8. The summed E-state index contributed by atoms with van der Waals surface area (Å²) in [6.07, 6.45) is -2.82. The second-order valence-electron chi connectivity index (χ2n) is 20.6. The summed E-state index contributed by atoms with van der Waals surface area (Å²) >= 11 is 4.03. The topological polar surface area (TPSA) is 464 Å². The van der Waals surface area contributed by atoms with Gasteiger partial charge in [-0.2, -0.15) is 0 Å². The van der Waals surface area contributed by atoms with Crippen molar-refractivity contribution in [1.82, 2.24) is 68.7 Å². The number of nitrogens with one attached hydrogen (secondary N) is 12. The van der Waals surface area contributed by atoms with Crippen molar-refractivity contribution in [3.8, 4) is 5.75 Å². The van der Waals surface area contributed by atoms with Crippen LogP contribution in [-0.2, 0) is 78.3 Å². The fourth-order valence-corrected chi connectivity index (χ4v) is 11.7. The van der Waals surface area contributed by atoms with Crippen molar-refractivity contribution in [3.63, 3.8) is 0 Å². The number of hydrogen-bond acceptors (Lipinski definition) is 21. The number of aliphatic hydroxyl groups excluding tert-OH is 1. The van der Waals surface area contributed by atoms with E-state index in [1.54, 1.807) is 6.92 Å². The summed E-state index contributed by atoms with van der Waals surface area (Å²) in [6.45, 7) is 8.58. The van der Waals surface area contributed by atoms with Gasteiger partial charge in [-0.25, -0.2) is 0 Å². The third-order valence-electron chi connectivity index (χ3n) is 13.2. The zero-order chi connectivity index (χ0) is 65.2. The number of aldehydes is 1. The molecule has 2 saturated heterocycles. The number of benzene rings is 1. The Hall–Kier alpha value is -7.37. The van der Waals surface area contributed by atoms with Gasteiger partial charge in [0.1, 0.15) is 78.5 Å². The monoisotopic (exact) mass is 1300 g/mol. The van der Waals surface area contributed by atoms with Crippen molar-refractivity contribution in [2.45, 2.75) is 166 Å². The van der Waals surface area contributed by atoms with Crippen molar-refractivity contribution in [3.05, 3.63) is 29.8 Å². The number of aliphatic hydroxyl groups is 1. The number of carboxylic acids is 1. The molecule has 15 N–H and O–H groups in total. The highest BCUT2D eigenvalue weighted by Crippen LogP contribution is 2.24. The number of carbonyl (C=O) groups is 15. The highest BCUT2D eigenvalue weighted by molar-refractivity contribution is 8.76. The van der Waals surface area contributed by atoms with Gasteiger partial charge >= 0.3 is 5.97 Å². The first-order chi connectivity index (χ1) is 41.0. The number of aliphatic carboxylic acids is 1. The summed E-state index contributed by atoms with van der Waals surface area (Å²) in [5, 5.41) is 59.0. The van der Waals surface area contributed by atoms with Crippen LogP contribution in [0, 0.1) is 0 Å². The smallest absolute Gasteiger partial charge is 0.303 e. The van der Waals surface area contributed by atoms with Gasteiger partial charge in [0.25, 0.3) is 0 Å². The molecular weight excluding hydrogens is 1220 g/mol. The van der Waals surface area contributed by atoms with Gasteiger partial charge in [0.05, 0.1) is 12.6 Å². The first-order valence-corrected chi connectivity index (χ1v) is 32.0. The predicted octanol–water partition coefficient (Wildman–Crippen LogP) is -4.70. The molecule has 1 aromatic carbocycles. The maximum atomic E-state index is 14.3. The fraction of sp³-hybridized carbons (Fsp3) is 0.596. The van der Waals surface area contributed by atoms with Gasteiger partial charge in [-0.1, -0.05) is 44.5 Å². The Balaban J connectivity index is 1.84. The lowest BCUT2D eigenvalue weighted by Gasteiger charge is -2.30. The van der Waals surface area contributed by atoms with E-state index in [-0.39, 0.29) is 49.1 Å². The molecule has 3 rings (SSSR count). The van der Waals surface area contributed by atoms with Crippen molar-refractivity contribution >= 4 is 133 Å². The van der Waals surface area contributed by atoms with Gasteiger partial charge in [0.2, 0.25) is 76.8 Å². The summed E-state index contributed by atoms with van der Waals surface area (Å²) in [7, 11) is 3.03. The van der Waals surface area contributed by atoms with Crippen LogP contribution >= 0.6 is 44.0 Å². The molecule has 35 heteroatoms. The maximum absolute atomic E-state index is 14.3. The van der Waals surface area contributed by atoms with Crippen LogP contribution in [0.4, 0.5) is 0 Å². The largest absolute Gasteiger partial charge is 0.508 e. The molecule has 13 atom stereocenters. The van der Waals surface area contributed by atoms with E-state index in [0.717, 1.165) is 33.4 Å². The average Bonchev–Trinajstić information content (AvgIpc) is 2.66. The fourth-order valence-electron chi connectivity index (χ4n) is 8.39. The summed E-state index contributed by atoms with van der Waals surface area (Å²) in [4.78, 5) is 200. The molecule has 2 aliphatic heterocycles. The summed E-state index contributed by atoms with van der Waals surface area (Å²) in [5.41, 5.74) is 0.388. The summed E-state index contributed by atoms with van der Waals surface area (Å²) < 4.78 is 0. The van der Waals surface area contributed by atoms with Crippen LogP contribution < -0.4 is 63.8 Å². The SMILES string of the molecule is CC(=O)N[C@H]1CSSC[C@@H](C(=O)N[C@@H](CC=O)C(=O)N2CCC[C@H]2C(=O)N[C@@H](C)C(=O)N[C@@H](C)C(=O)N[C@H](C(=O)NCC(=O)N[C@H](C)CSS)[C@H](C)O)NC(=O)[C@H](C)NC(=O)[C@H](Cc2ccc(O)cc2)NC(=O)[C@H](CCC(=O)O)NC(=O)[C@H](C)NC1=O. The summed E-state index contributed by atoms with van der Waals surface area (Å²) in [5.74, 6) is -13.0. The van der Waals surface area contributed by atoms with Gasteiger partial charge in [-0.3, -0.25) is 67.1 Å². The van der Waals surface area contributed by atoms with E-state index < -0.39 is 181 Å². The number of hydrogen-bond donors (Lipinski definition) is 16. The van der Waals surface area contributed by atoms with E-state index in [0.29, 0.717) is 17.6 Å². The van der Waals surface area contributed by atoms with Crippen LogP contribution in [-0.4, -0.2) is 218 Å². The lowest BCUT2D eigenvalue weighted by molar-refractivity contribution is -0.143. The number of amides is 13. The number of nitrogens with zero attached hydrogens (tertiary/aromatic N) is 1. The van der Waals surface area contributed by atoms with Gasteiger partial charge in [-0.05, 0) is 78.5 Å². The first-order valence-electron chi connectivity index (χ1n) is 27.5. The highest BCUT2D eigenvalue weighted by Gasteiger charge is 2.40. The highest BCUT2D eigenvalue weighted by atomic mass is 33.1. The minimum Gasteiger partial charge on any atom is -0.508 e. The minimum atomic E-state index is -1.65. The van der Waals surface area contributed by atoms with Crippen molar-refractivity contribution < 1.29 is 87.2 Å². The number of carbonyl (C=O) groups excluding carboxylic acids is 14. The van der Waals surface area contributed by atoms with Gasteiger partial charge in [-0.15, -0.1) is 11.7 Å². The standard InChI is InChI=1S/C52H77N13O18S4/c1-24(21-85-84)54-39(70)20-53-51(82)41(29(6)67)64-45(76)28(5)55-42(73)25(2)58-50(81)38-9-8-17-65(38)52(83)34(16-18-66)61-49(80)37-23-87-86-22-36(59-30(7)68)48(79)57-26(3)43(74)60-33(14-15-40(71)72)46(77)62-35(19-31-10-12-32(69)13-11-31)47(78)56-27(4)44(75)63-37/h10-13,18,24-29,33-38,41,67,69,84H,8-9,14-17,19-23H2,1-7H3,(H,53,82)(H,54,70)(H,55,73)(H,56,78)(H,57,79)(H,58,81)(H,59,68)(H,60,74)(H,61,80)(H,62,77)(H,63,75)(H,64,76)(H,71,72)/t24-,25+,26+,27+,28+,29+,33+,34+,35+,36+,37+,38+,41+/m1/s1. The Morgan fingerprint density at radius 2 is 1.33 bits per heavy atom. The number of carboxylic acid groups (broad SMARTS) is 1. The van der Waals surface area contributed by atoms with E-state index in [1.807, 2.05) is 0 Å². The van der Waals surface area contributed by atoms with Crippen LogP contribution in [0.25, 0.3) is 0 Å². The minimum absolute atomic E-state index is 0.0511. The Morgan fingerprint density at radius 1 is 0.747 bits per heavy atom. The van der Waals surface area contributed by atoms with Crippen molar-refractivity contribution in [1.29, 1.82) is 0 Å². The van der Waals surface area contributed by atoms with Crippen LogP contribution in [0.3, 0.4) is 0 Å². The third-order valence-corrected chi connectivity index (χ3v) is 16.7. The van der Waals surface area contributed by atoms with E-state index in [2.05, 4.69) is 75.5 Å². The van der Waals surface area contributed by atoms with Crippen molar-refractivity contribution in [2.75, 3.05) is 30.3 Å². The van der Waals surface area contributed by atoms with Gasteiger partial charge in [0, 0.05) is 56.0 Å². The van der Waals surface area contributed by atoms with Crippen LogP contribution in [0.1, 0.15) is 86.1 Å². The molecule has 2 fully saturated rings. The Morgan fingerprint density at radius 3 is 1.94 bits per heavy atom. The molecular formula is C52H77N13O18S4. The second-order valence-corrected chi connectivity index (χ2v) is 24.5. The van der Waals surface area contributed by atoms with Crippen LogP contribution in [0.2, 0.25) is 0 Å². The molecule has 482 valence electrons. The molecule has 2 heterocycles. The molecule has 31 nitrogen and oxygen atoms in total. The van der Waals surface area contributed by atoms with E-state index in [9.17, 15) is 87.2 Å². The quantitative estimate of drug-likeness (QED) is 0.0263. The first kappa shape index (κ1) is 73.9. The summed E-state index contributed by atoms with van der Waals surface area (Å²) in [6, 6.07) is -10.8. The number of phenols is 1. The Labute approximate surface area is 518 Å². The molecule has 0 bridgehead atoms. The number of thiol groups is 1. The number of phenolic OH excluding ortho intramolecular Hbond substituents is 1. The molecule has 0 aliphatic carbocycles. The van der Waals surface area contributed by atoms with Gasteiger partial charge in [0.15, 0.2) is 0 Å². The molecule has 13 amide bonds. The normalized spacial score (nSPS) is 22.8. The maximum Gasteiger partial charge on any atom is 0.303 e. The Kier molecular flexibility index (Phi) is 31.2. The lowest BCUT2D eigenvalue weighted by atomic mass is 10.0. The predicted molar refractivity (Wildman–Crippen MR) is 320 cm³/mol. The number of rotatable bonds is 24. The molecule has 87 heavy (non-hydrogen) atoms. The molecule has 0 saturated carbocycles. The molecule has 0 spiro atoms. The van der Waals surface area contributed by atoms with E-state index in [4.69, 9.17) is 0 Å². The number of aromatic hydroxyl groups is 1. The van der Waals surface area contributed by atoms with Gasteiger partial charge < -0.3 is 88.8 Å². The molecule has 0 radical (unpaired) electrons. The van der Waals surface area contributed by atoms with E-state index in [1.165, 1.54) is 69.7 Å². The molecule has 1 aromatic rings. The molecule has 0 aromatic heterocycles. The average molecular weight is 1300 g/mol. The molecule has 2 aliphatic rings. The van der Waals surface area contributed by atoms with Crippen molar-refractivity contribution in [2.24, 2.45) is 0 Å². The van der Waals surface area contributed by atoms with E-state index >= 15 is 0 Å². The second kappa shape index (κ2) is 36.7. The van der Waals surface area contributed by atoms with Crippen LogP contribution in [0.5, 0.6) is 5.75 Å². The Bertz CT molecular complexity index is 2680. The molecule has 0 unspecified atom stereocenters. The van der Waals surface area contributed by atoms with Crippen LogP contribution in [0.15, 0.2) is 24.3 Å². The lowest BCUT2D eigenvalue weighted by Crippen LogP contribution is -2.60. The number of likely N-dealkylation sites (tertiary alicyclic amines) is 1.